The molecule has 0 spiro atoms. The van der Waals surface area contributed by atoms with Crippen molar-refractivity contribution in [3.05, 3.63) is 59.8 Å². The SMILES string of the molecule is OC(c1cccc(F)c1)c1ccco1. The summed E-state index contributed by atoms with van der Waals surface area (Å²) in [6.45, 7) is 0. The first kappa shape index (κ1) is 8.97. The second kappa shape index (κ2) is 3.64. The van der Waals surface area contributed by atoms with Crippen LogP contribution < -0.4 is 0 Å². The smallest absolute Gasteiger partial charge is 0.137 e. The van der Waals surface area contributed by atoms with Crippen molar-refractivity contribution in [2.45, 2.75) is 6.10 Å². The predicted octanol–water partition coefficient (Wildman–Crippen LogP) is 2.50. The van der Waals surface area contributed by atoms with E-state index < -0.39 is 6.10 Å². The van der Waals surface area contributed by atoms with Gasteiger partial charge in [-0.15, -0.1) is 0 Å². The monoisotopic (exact) mass is 192 g/mol. The molecular weight excluding hydrogens is 183 g/mol. The number of hydrogen-bond donors (Lipinski definition) is 1. The zero-order valence-corrected chi connectivity index (χ0v) is 7.35. The highest BCUT2D eigenvalue weighted by molar-refractivity contribution is 5.24. The molecule has 0 bridgehead atoms. The van der Waals surface area contributed by atoms with Gasteiger partial charge < -0.3 is 9.52 Å². The maximum Gasteiger partial charge on any atom is 0.137 e. The highest BCUT2D eigenvalue weighted by Gasteiger charge is 2.12. The molecule has 0 saturated heterocycles. The first-order chi connectivity index (χ1) is 6.77. The third kappa shape index (κ3) is 1.67. The molecular formula is C11H9FO2. The van der Waals surface area contributed by atoms with Crippen LogP contribution in [0.25, 0.3) is 0 Å². The molecule has 72 valence electrons. The zero-order chi connectivity index (χ0) is 9.97. The molecule has 2 aromatic rings. The normalized spacial score (nSPS) is 12.7. The Kier molecular flexibility index (Phi) is 2.33. The van der Waals surface area contributed by atoms with E-state index in [0.717, 1.165) is 0 Å². The van der Waals surface area contributed by atoms with Gasteiger partial charge in [0.05, 0.1) is 6.26 Å². The van der Waals surface area contributed by atoms with Gasteiger partial charge in [0, 0.05) is 0 Å². The maximum absolute atomic E-state index is 12.8. The molecule has 1 aromatic heterocycles. The van der Waals surface area contributed by atoms with Crippen LogP contribution >= 0.6 is 0 Å². The highest BCUT2D eigenvalue weighted by Crippen LogP contribution is 2.22. The van der Waals surface area contributed by atoms with E-state index in [1.54, 1.807) is 24.3 Å². The fourth-order valence-corrected chi connectivity index (χ4v) is 1.29. The molecule has 1 N–H and O–H groups in total. The molecule has 0 radical (unpaired) electrons. The van der Waals surface area contributed by atoms with Crippen molar-refractivity contribution in [2.75, 3.05) is 0 Å². The molecule has 2 rings (SSSR count). The van der Waals surface area contributed by atoms with Crippen LogP contribution in [0.5, 0.6) is 0 Å². The Labute approximate surface area is 80.6 Å². The minimum absolute atomic E-state index is 0.367. The summed E-state index contributed by atoms with van der Waals surface area (Å²) >= 11 is 0. The molecule has 1 atom stereocenters. The fraction of sp³-hybridized carbons (Fsp3) is 0.0909. The van der Waals surface area contributed by atoms with Gasteiger partial charge in [-0.2, -0.15) is 0 Å². The molecule has 1 heterocycles. The molecule has 1 aromatic carbocycles. The van der Waals surface area contributed by atoms with Crippen LogP contribution in [-0.4, -0.2) is 5.11 Å². The van der Waals surface area contributed by atoms with Crippen molar-refractivity contribution in [1.29, 1.82) is 0 Å². The summed E-state index contributed by atoms with van der Waals surface area (Å²) in [6.07, 6.45) is 0.568. The van der Waals surface area contributed by atoms with E-state index >= 15 is 0 Å². The van der Waals surface area contributed by atoms with Crippen LogP contribution in [0.1, 0.15) is 17.4 Å². The van der Waals surface area contributed by atoms with Gasteiger partial charge in [0.1, 0.15) is 17.7 Å². The molecule has 14 heavy (non-hydrogen) atoms. The predicted molar refractivity (Wildman–Crippen MR) is 49.2 cm³/mol. The van der Waals surface area contributed by atoms with Crippen LogP contribution in [-0.2, 0) is 0 Å². The number of benzene rings is 1. The first-order valence-corrected chi connectivity index (χ1v) is 4.24. The Morgan fingerprint density at radius 1 is 1.21 bits per heavy atom. The number of rotatable bonds is 2. The molecule has 0 fully saturated rings. The lowest BCUT2D eigenvalue weighted by Crippen LogP contribution is -1.97. The Balaban J connectivity index is 2.32. The summed E-state index contributed by atoms with van der Waals surface area (Å²) in [5.74, 6) is 0.0451. The lowest BCUT2D eigenvalue weighted by molar-refractivity contribution is 0.189. The maximum atomic E-state index is 12.8. The Morgan fingerprint density at radius 3 is 2.71 bits per heavy atom. The Hall–Kier alpha value is -1.61. The lowest BCUT2D eigenvalue weighted by Gasteiger charge is -2.07. The summed E-state index contributed by atoms with van der Waals surface area (Å²) in [7, 11) is 0. The van der Waals surface area contributed by atoms with Crippen molar-refractivity contribution >= 4 is 0 Å². The number of aliphatic hydroxyl groups excluding tert-OH is 1. The van der Waals surface area contributed by atoms with Gasteiger partial charge in [0.25, 0.3) is 0 Å². The molecule has 3 heteroatoms. The molecule has 0 aliphatic rings. The minimum atomic E-state index is -0.902. The Morgan fingerprint density at radius 2 is 2.07 bits per heavy atom. The lowest BCUT2D eigenvalue weighted by atomic mass is 10.1. The van der Waals surface area contributed by atoms with Crippen molar-refractivity contribution < 1.29 is 13.9 Å². The molecule has 0 aliphatic carbocycles. The molecule has 0 saturated carbocycles. The summed E-state index contributed by atoms with van der Waals surface area (Å²) < 4.78 is 17.8. The van der Waals surface area contributed by atoms with E-state index in [1.807, 2.05) is 0 Å². The number of halogens is 1. The average Bonchev–Trinajstić information content (AvgIpc) is 2.69. The van der Waals surface area contributed by atoms with Gasteiger partial charge in [-0.05, 0) is 29.8 Å². The van der Waals surface area contributed by atoms with E-state index in [0.29, 0.717) is 11.3 Å². The molecule has 0 aliphatic heterocycles. The van der Waals surface area contributed by atoms with Gasteiger partial charge in [-0.1, -0.05) is 12.1 Å². The van der Waals surface area contributed by atoms with Gasteiger partial charge in [0.2, 0.25) is 0 Å². The van der Waals surface area contributed by atoms with Crippen molar-refractivity contribution in [2.24, 2.45) is 0 Å². The standard InChI is InChI=1S/C11H9FO2/c12-9-4-1-3-8(7-9)11(13)10-5-2-6-14-10/h1-7,11,13H. The van der Waals surface area contributed by atoms with E-state index in [4.69, 9.17) is 4.42 Å². The highest BCUT2D eigenvalue weighted by atomic mass is 19.1. The largest absolute Gasteiger partial charge is 0.466 e. The first-order valence-electron chi connectivity index (χ1n) is 4.24. The summed E-state index contributed by atoms with van der Waals surface area (Å²) in [4.78, 5) is 0. The van der Waals surface area contributed by atoms with Gasteiger partial charge in [0.15, 0.2) is 0 Å². The molecule has 2 nitrogen and oxygen atoms in total. The number of aliphatic hydroxyl groups is 1. The van der Waals surface area contributed by atoms with E-state index in [1.165, 1.54) is 18.4 Å². The van der Waals surface area contributed by atoms with E-state index in [-0.39, 0.29) is 5.82 Å². The van der Waals surface area contributed by atoms with Crippen molar-refractivity contribution in [1.82, 2.24) is 0 Å². The molecule has 0 amide bonds. The third-order valence-electron chi connectivity index (χ3n) is 1.98. The van der Waals surface area contributed by atoms with E-state index in [2.05, 4.69) is 0 Å². The molecule has 1 unspecified atom stereocenters. The second-order valence-electron chi connectivity index (χ2n) is 2.97. The minimum Gasteiger partial charge on any atom is -0.466 e. The van der Waals surface area contributed by atoms with Crippen LogP contribution in [0.4, 0.5) is 4.39 Å². The topological polar surface area (TPSA) is 33.4 Å². The van der Waals surface area contributed by atoms with Gasteiger partial charge in [-0.25, -0.2) is 4.39 Å². The summed E-state index contributed by atoms with van der Waals surface area (Å²) in [6, 6.07) is 9.14. The third-order valence-corrected chi connectivity index (χ3v) is 1.98. The van der Waals surface area contributed by atoms with Gasteiger partial charge >= 0.3 is 0 Å². The number of hydrogen-bond acceptors (Lipinski definition) is 2. The quantitative estimate of drug-likeness (QED) is 0.793. The van der Waals surface area contributed by atoms with Gasteiger partial charge in [-0.3, -0.25) is 0 Å². The summed E-state index contributed by atoms with van der Waals surface area (Å²) in [5, 5.41) is 9.74. The summed E-state index contributed by atoms with van der Waals surface area (Å²) in [5.41, 5.74) is 0.486. The number of furan rings is 1. The fourth-order valence-electron chi connectivity index (χ4n) is 1.29. The van der Waals surface area contributed by atoms with Crippen molar-refractivity contribution in [3.8, 4) is 0 Å². The van der Waals surface area contributed by atoms with E-state index in [9.17, 15) is 9.50 Å². The van der Waals surface area contributed by atoms with Crippen LogP contribution in [0, 0.1) is 5.82 Å². The second-order valence-corrected chi connectivity index (χ2v) is 2.97. The Bertz CT molecular complexity index is 409. The van der Waals surface area contributed by atoms with Crippen LogP contribution in [0.2, 0.25) is 0 Å². The van der Waals surface area contributed by atoms with Crippen LogP contribution in [0.3, 0.4) is 0 Å². The van der Waals surface area contributed by atoms with Crippen LogP contribution in [0.15, 0.2) is 47.1 Å². The van der Waals surface area contributed by atoms with Crippen molar-refractivity contribution in [3.63, 3.8) is 0 Å². The average molecular weight is 192 g/mol. The zero-order valence-electron chi connectivity index (χ0n) is 7.35.